The van der Waals surface area contributed by atoms with E-state index in [2.05, 4.69) is 132 Å². The second-order valence-corrected chi connectivity index (χ2v) is 13.6. The molecular weight excluding hydrogens is 619 g/mol. The quantitative estimate of drug-likeness (QED) is 0.192. The second-order valence-electron chi connectivity index (χ2n) is 12.5. The highest BCUT2D eigenvalue weighted by atomic mass is 32.1. The number of rotatable bonds is 3. The molecule has 0 fully saturated rings. The van der Waals surface area contributed by atoms with Gasteiger partial charge in [0.25, 0.3) is 0 Å². The Morgan fingerprint density at radius 2 is 1.16 bits per heavy atom. The van der Waals surface area contributed by atoms with Crippen LogP contribution < -0.4 is 0 Å². The molecule has 11 aromatic rings. The highest BCUT2D eigenvalue weighted by Gasteiger charge is 2.25. The summed E-state index contributed by atoms with van der Waals surface area (Å²) in [6.07, 6.45) is 0. The van der Waals surface area contributed by atoms with Crippen molar-refractivity contribution >= 4 is 86.2 Å². The Bertz CT molecular complexity index is 3110. The van der Waals surface area contributed by atoms with E-state index in [1.54, 1.807) is 0 Å². The molecule has 4 aromatic heterocycles. The zero-order chi connectivity index (χ0) is 32.1. The molecule has 7 aromatic carbocycles. The molecule has 49 heavy (non-hydrogen) atoms. The standard InChI is InChI=1S/C44H25N3OS/c1-2-13-26(14-3-1)27-15-12-16-28(25-27)40-39-32-20-7-10-23-35(32)48-43(39)46-44(45-40)47-34-22-9-6-19-31(34)37-38-33-21-8-11-24-36(33)49-42(38)30-18-5-4-17-29(30)41(37)47/h1-25H. The van der Waals surface area contributed by atoms with Gasteiger partial charge in [-0.25, -0.2) is 4.98 Å². The first kappa shape index (κ1) is 26.7. The molecule has 0 radical (unpaired) electrons. The molecule has 0 aliphatic rings. The summed E-state index contributed by atoms with van der Waals surface area (Å²) < 4.78 is 11.4. The van der Waals surface area contributed by atoms with Crippen molar-refractivity contribution in [2.24, 2.45) is 0 Å². The Morgan fingerprint density at radius 3 is 2.04 bits per heavy atom. The largest absolute Gasteiger partial charge is 0.437 e. The lowest BCUT2D eigenvalue weighted by Crippen LogP contribution is -2.03. The third-order valence-electron chi connectivity index (χ3n) is 9.82. The number of hydrogen-bond acceptors (Lipinski definition) is 4. The van der Waals surface area contributed by atoms with E-state index < -0.39 is 0 Å². The molecule has 4 heterocycles. The Labute approximate surface area is 284 Å². The van der Waals surface area contributed by atoms with Crippen LogP contribution in [0.3, 0.4) is 0 Å². The summed E-state index contributed by atoms with van der Waals surface area (Å²) >= 11 is 1.87. The number of hydrogen-bond donors (Lipinski definition) is 0. The molecule has 228 valence electrons. The number of furan rings is 1. The minimum atomic E-state index is 0.573. The number of benzene rings is 7. The Morgan fingerprint density at radius 1 is 0.490 bits per heavy atom. The van der Waals surface area contributed by atoms with Crippen molar-refractivity contribution < 1.29 is 4.42 Å². The first-order valence-corrected chi connectivity index (χ1v) is 17.2. The lowest BCUT2D eigenvalue weighted by atomic mass is 9.99. The van der Waals surface area contributed by atoms with Crippen LogP contribution in [0.25, 0.3) is 103 Å². The zero-order valence-corrected chi connectivity index (χ0v) is 26.9. The number of fused-ring (bicyclic) bond motifs is 13. The van der Waals surface area contributed by atoms with Crippen molar-refractivity contribution in [2.75, 3.05) is 0 Å². The minimum absolute atomic E-state index is 0.573. The molecule has 5 heteroatoms. The van der Waals surface area contributed by atoms with Gasteiger partial charge in [-0.15, -0.1) is 11.3 Å². The van der Waals surface area contributed by atoms with E-state index in [0.717, 1.165) is 49.8 Å². The minimum Gasteiger partial charge on any atom is -0.437 e. The van der Waals surface area contributed by atoms with Crippen LogP contribution in [-0.4, -0.2) is 14.5 Å². The Hall–Kier alpha value is -6.30. The lowest BCUT2D eigenvalue weighted by molar-refractivity contribution is 0.651. The van der Waals surface area contributed by atoms with Crippen molar-refractivity contribution in [3.05, 3.63) is 152 Å². The van der Waals surface area contributed by atoms with Crippen LogP contribution in [0.15, 0.2) is 156 Å². The number of nitrogens with zero attached hydrogens (tertiary/aromatic N) is 3. The van der Waals surface area contributed by atoms with Crippen molar-refractivity contribution in [1.29, 1.82) is 0 Å². The molecule has 0 atom stereocenters. The molecule has 0 saturated carbocycles. The van der Waals surface area contributed by atoms with Gasteiger partial charge in [-0.05, 0) is 35.4 Å². The number of para-hydroxylation sites is 2. The summed E-state index contributed by atoms with van der Waals surface area (Å²) in [6.45, 7) is 0. The van der Waals surface area contributed by atoms with Crippen molar-refractivity contribution in [1.82, 2.24) is 14.5 Å². The van der Waals surface area contributed by atoms with Gasteiger partial charge in [-0.1, -0.05) is 127 Å². The van der Waals surface area contributed by atoms with E-state index >= 15 is 0 Å². The first-order valence-electron chi connectivity index (χ1n) is 16.4. The molecule has 4 nitrogen and oxygen atoms in total. The Kier molecular flexibility index (Phi) is 5.51. The topological polar surface area (TPSA) is 43.9 Å². The van der Waals surface area contributed by atoms with Crippen molar-refractivity contribution in [3.63, 3.8) is 0 Å². The van der Waals surface area contributed by atoms with Crippen LogP contribution >= 0.6 is 11.3 Å². The fourth-order valence-corrected chi connectivity index (χ4v) is 8.97. The van der Waals surface area contributed by atoms with E-state index in [1.165, 1.54) is 41.7 Å². The van der Waals surface area contributed by atoms with Gasteiger partial charge in [0.1, 0.15) is 5.58 Å². The fraction of sp³-hybridized carbons (Fsp3) is 0. The normalized spacial score (nSPS) is 12.1. The van der Waals surface area contributed by atoms with E-state index in [4.69, 9.17) is 14.4 Å². The third kappa shape index (κ3) is 3.79. The molecule has 0 bridgehead atoms. The van der Waals surface area contributed by atoms with Gasteiger partial charge in [-0.3, -0.25) is 4.57 Å². The van der Waals surface area contributed by atoms with Gasteiger partial charge in [0.15, 0.2) is 0 Å². The van der Waals surface area contributed by atoms with E-state index in [9.17, 15) is 0 Å². The van der Waals surface area contributed by atoms with Crippen LogP contribution in [0.4, 0.5) is 0 Å². The average Bonchev–Trinajstić information content (AvgIpc) is 3.85. The molecule has 0 spiro atoms. The number of aromatic nitrogens is 3. The van der Waals surface area contributed by atoms with Gasteiger partial charge in [0.2, 0.25) is 11.7 Å². The van der Waals surface area contributed by atoms with Gasteiger partial charge in [0.05, 0.1) is 22.1 Å². The van der Waals surface area contributed by atoms with Gasteiger partial charge < -0.3 is 4.42 Å². The molecule has 0 saturated heterocycles. The summed E-state index contributed by atoms with van der Waals surface area (Å²) in [6, 6.07) is 53.4. The maximum Gasteiger partial charge on any atom is 0.238 e. The third-order valence-corrected chi connectivity index (χ3v) is 11.0. The Balaban J connectivity index is 1.31. The molecule has 0 aliphatic heterocycles. The van der Waals surface area contributed by atoms with Crippen LogP contribution in [0.2, 0.25) is 0 Å². The fourth-order valence-electron chi connectivity index (χ4n) is 7.72. The van der Waals surface area contributed by atoms with Gasteiger partial charge in [0, 0.05) is 52.7 Å². The van der Waals surface area contributed by atoms with Gasteiger partial charge >= 0.3 is 0 Å². The van der Waals surface area contributed by atoms with Crippen LogP contribution in [-0.2, 0) is 0 Å². The molecular formula is C44H25N3OS. The van der Waals surface area contributed by atoms with E-state index in [0.29, 0.717) is 11.7 Å². The average molecular weight is 644 g/mol. The predicted molar refractivity (Wildman–Crippen MR) is 205 cm³/mol. The van der Waals surface area contributed by atoms with Crippen molar-refractivity contribution in [2.45, 2.75) is 0 Å². The maximum absolute atomic E-state index is 6.53. The van der Waals surface area contributed by atoms with E-state index in [-0.39, 0.29) is 0 Å². The SMILES string of the molecule is c1ccc(-c2cccc(-c3nc(-n4c5ccccc5c5c6c7ccccc7sc6c6ccccc6c54)nc4oc5ccccc5c34)c2)cc1. The van der Waals surface area contributed by atoms with Gasteiger partial charge in [-0.2, -0.15) is 4.98 Å². The summed E-state index contributed by atoms with van der Waals surface area (Å²) in [4.78, 5) is 10.7. The van der Waals surface area contributed by atoms with Crippen molar-refractivity contribution in [3.8, 4) is 28.3 Å². The maximum atomic E-state index is 6.53. The molecule has 0 amide bonds. The highest BCUT2D eigenvalue weighted by molar-refractivity contribution is 7.27. The highest BCUT2D eigenvalue weighted by Crippen LogP contribution is 2.48. The predicted octanol–water partition coefficient (Wildman–Crippen LogP) is 12.3. The summed E-state index contributed by atoms with van der Waals surface area (Å²) in [7, 11) is 0. The molecule has 0 N–H and O–H groups in total. The number of thiophene rings is 1. The monoisotopic (exact) mass is 643 g/mol. The molecule has 0 unspecified atom stereocenters. The lowest BCUT2D eigenvalue weighted by Gasteiger charge is -2.12. The van der Waals surface area contributed by atoms with Crippen LogP contribution in [0.1, 0.15) is 0 Å². The zero-order valence-electron chi connectivity index (χ0n) is 26.1. The molecule has 0 aliphatic carbocycles. The summed E-state index contributed by atoms with van der Waals surface area (Å²) in [5, 5.41) is 9.28. The van der Waals surface area contributed by atoms with E-state index in [1.807, 2.05) is 35.6 Å². The summed E-state index contributed by atoms with van der Waals surface area (Å²) in [5.74, 6) is 0.585. The second kappa shape index (κ2) is 10.1. The summed E-state index contributed by atoms with van der Waals surface area (Å²) in [5.41, 5.74) is 7.68. The van der Waals surface area contributed by atoms with Crippen LogP contribution in [0.5, 0.6) is 0 Å². The first-order chi connectivity index (χ1) is 24.3. The molecule has 11 rings (SSSR count). The van der Waals surface area contributed by atoms with Crippen LogP contribution in [0, 0.1) is 0 Å². The smallest absolute Gasteiger partial charge is 0.238 e.